The second kappa shape index (κ2) is 2.59. The average molecular weight is 202 g/mol. The number of nitrogens with two attached hydrogens (primary N) is 1. The van der Waals surface area contributed by atoms with Gasteiger partial charge in [0.15, 0.2) is 11.6 Å². The smallest absolute Gasteiger partial charge is 0.171 e. The Labute approximate surface area is 80.1 Å². The first kappa shape index (κ1) is 8.78. The van der Waals surface area contributed by atoms with Gasteiger partial charge in [0.05, 0.1) is 0 Å². The fourth-order valence-electron chi connectivity index (χ4n) is 1.38. The number of halogens is 2. The van der Waals surface area contributed by atoms with Crippen molar-refractivity contribution in [2.75, 3.05) is 0 Å². The number of benzene rings is 1. The van der Waals surface area contributed by atoms with Crippen LogP contribution in [0.4, 0.5) is 4.39 Å². The van der Waals surface area contributed by atoms with E-state index in [-0.39, 0.29) is 10.6 Å². The van der Waals surface area contributed by atoms with Crippen LogP contribution in [0.15, 0.2) is 12.1 Å². The molecule has 0 radical (unpaired) electrons. The summed E-state index contributed by atoms with van der Waals surface area (Å²) in [5, 5.41) is 9.41. The molecule has 1 aliphatic rings. The lowest BCUT2D eigenvalue weighted by Gasteiger charge is -2.12. The minimum Gasteiger partial charge on any atom is -0.505 e. The third-order valence-corrected chi connectivity index (χ3v) is 2.67. The molecule has 0 spiro atoms. The summed E-state index contributed by atoms with van der Waals surface area (Å²) in [6.07, 6.45) is 1.43. The first-order valence-electron chi connectivity index (χ1n) is 4.01. The second-order valence-electron chi connectivity index (χ2n) is 3.41. The predicted molar refractivity (Wildman–Crippen MR) is 48.2 cm³/mol. The lowest BCUT2D eigenvalue weighted by molar-refractivity contribution is 0.424. The van der Waals surface area contributed by atoms with E-state index in [1.165, 1.54) is 12.1 Å². The Bertz CT molecular complexity index is 363. The molecule has 1 aromatic carbocycles. The van der Waals surface area contributed by atoms with Crippen molar-refractivity contribution in [1.82, 2.24) is 0 Å². The van der Waals surface area contributed by atoms with Gasteiger partial charge in [-0.15, -0.1) is 0 Å². The summed E-state index contributed by atoms with van der Waals surface area (Å²) >= 11 is 5.80. The molecule has 0 aliphatic heterocycles. The van der Waals surface area contributed by atoms with Gasteiger partial charge in [0, 0.05) is 16.1 Å². The quantitative estimate of drug-likeness (QED) is 0.731. The number of hydrogen-bond acceptors (Lipinski definition) is 2. The van der Waals surface area contributed by atoms with Gasteiger partial charge in [0.1, 0.15) is 0 Å². The van der Waals surface area contributed by atoms with Gasteiger partial charge in [-0.3, -0.25) is 0 Å². The highest BCUT2D eigenvalue weighted by molar-refractivity contribution is 6.31. The van der Waals surface area contributed by atoms with E-state index in [0.29, 0.717) is 12.8 Å². The summed E-state index contributed by atoms with van der Waals surface area (Å²) in [5.41, 5.74) is 5.39. The molecule has 0 aromatic heterocycles. The van der Waals surface area contributed by atoms with Crippen LogP contribution in [0.5, 0.6) is 5.75 Å². The highest BCUT2D eigenvalue weighted by Gasteiger charge is 2.44. The van der Waals surface area contributed by atoms with Crippen LogP contribution < -0.4 is 5.73 Å². The SMILES string of the molecule is NC1(c2c(Cl)ccc(O)c2F)CC1. The maximum atomic E-state index is 13.4. The molecular weight excluding hydrogens is 193 g/mol. The Morgan fingerprint density at radius 2 is 2.08 bits per heavy atom. The highest BCUT2D eigenvalue weighted by Crippen LogP contribution is 2.47. The number of rotatable bonds is 1. The summed E-state index contributed by atoms with van der Waals surface area (Å²) in [6, 6.07) is 2.69. The highest BCUT2D eigenvalue weighted by atomic mass is 35.5. The summed E-state index contributed by atoms with van der Waals surface area (Å²) in [6.45, 7) is 0. The first-order chi connectivity index (χ1) is 6.04. The second-order valence-corrected chi connectivity index (χ2v) is 3.82. The number of hydrogen-bond donors (Lipinski definition) is 2. The van der Waals surface area contributed by atoms with Crippen LogP contribution in [-0.4, -0.2) is 5.11 Å². The number of phenols is 1. The first-order valence-corrected chi connectivity index (χ1v) is 4.39. The molecule has 2 rings (SSSR count). The van der Waals surface area contributed by atoms with Crippen LogP contribution >= 0.6 is 11.6 Å². The Balaban J connectivity index is 2.61. The van der Waals surface area contributed by atoms with Crippen molar-refractivity contribution in [3.05, 3.63) is 28.5 Å². The molecule has 4 heteroatoms. The zero-order chi connectivity index (χ0) is 9.64. The van der Waals surface area contributed by atoms with Gasteiger partial charge in [-0.2, -0.15) is 0 Å². The molecular formula is C9H9ClFNO. The van der Waals surface area contributed by atoms with Crippen molar-refractivity contribution in [2.24, 2.45) is 5.73 Å². The maximum absolute atomic E-state index is 13.4. The van der Waals surface area contributed by atoms with E-state index in [0.717, 1.165) is 0 Å². The predicted octanol–water partition coefficient (Wildman–Crippen LogP) is 2.13. The molecule has 1 saturated carbocycles. The van der Waals surface area contributed by atoms with Gasteiger partial charge in [0.25, 0.3) is 0 Å². The molecule has 3 N–H and O–H groups in total. The Morgan fingerprint density at radius 3 is 2.62 bits per heavy atom. The van der Waals surface area contributed by atoms with Gasteiger partial charge in [-0.05, 0) is 25.0 Å². The summed E-state index contributed by atoms with van der Waals surface area (Å²) in [4.78, 5) is 0. The van der Waals surface area contributed by atoms with Crippen LogP contribution in [0.2, 0.25) is 5.02 Å². The van der Waals surface area contributed by atoms with E-state index >= 15 is 0 Å². The minimum atomic E-state index is -0.688. The Hall–Kier alpha value is -0.800. The Kier molecular flexibility index (Phi) is 1.75. The number of phenolic OH excluding ortho intramolecular Hbond substituents is 1. The van der Waals surface area contributed by atoms with Crippen LogP contribution in [0.25, 0.3) is 0 Å². The Morgan fingerprint density at radius 1 is 1.46 bits per heavy atom. The lowest BCUT2D eigenvalue weighted by Crippen LogP contribution is -2.21. The molecule has 2 nitrogen and oxygen atoms in total. The van der Waals surface area contributed by atoms with Gasteiger partial charge in [0.2, 0.25) is 0 Å². The largest absolute Gasteiger partial charge is 0.505 e. The summed E-state index contributed by atoms with van der Waals surface area (Å²) < 4.78 is 13.4. The zero-order valence-electron chi connectivity index (χ0n) is 6.85. The topological polar surface area (TPSA) is 46.2 Å². The van der Waals surface area contributed by atoms with Gasteiger partial charge in [-0.25, -0.2) is 4.39 Å². The van der Waals surface area contributed by atoms with Crippen LogP contribution in [0.1, 0.15) is 18.4 Å². The molecule has 0 bridgehead atoms. The monoisotopic (exact) mass is 201 g/mol. The fourth-order valence-corrected chi connectivity index (χ4v) is 1.72. The van der Waals surface area contributed by atoms with E-state index in [1.807, 2.05) is 0 Å². The summed E-state index contributed by atoms with van der Waals surface area (Å²) in [5.74, 6) is -1.08. The third kappa shape index (κ3) is 1.28. The molecule has 0 unspecified atom stereocenters. The van der Waals surface area contributed by atoms with Crippen molar-refractivity contribution in [2.45, 2.75) is 18.4 Å². The van der Waals surface area contributed by atoms with Crippen molar-refractivity contribution in [3.8, 4) is 5.75 Å². The van der Waals surface area contributed by atoms with E-state index in [4.69, 9.17) is 22.4 Å². The van der Waals surface area contributed by atoms with E-state index in [1.54, 1.807) is 0 Å². The van der Waals surface area contributed by atoms with Crippen molar-refractivity contribution < 1.29 is 9.50 Å². The minimum absolute atomic E-state index is 0.245. The molecule has 0 heterocycles. The lowest BCUT2D eigenvalue weighted by atomic mass is 10.0. The van der Waals surface area contributed by atoms with Gasteiger partial charge >= 0.3 is 0 Å². The van der Waals surface area contributed by atoms with Crippen molar-refractivity contribution in [3.63, 3.8) is 0 Å². The van der Waals surface area contributed by atoms with Gasteiger partial charge < -0.3 is 10.8 Å². The van der Waals surface area contributed by atoms with Gasteiger partial charge in [-0.1, -0.05) is 11.6 Å². The van der Waals surface area contributed by atoms with E-state index in [2.05, 4.69) is 0 Å². The molecule has 70 valence electrons. The molecule has 1 fully saturated rings. The molecule has 13 heavy (non-hydrogen) atoms. The normalized spacial score (nSPS) is 18.7. The number of aromatic hydroxyl groups is 1. The standard InChI is InChI=1S/C9H9ClFNO/c10-5-1-2-6(13)8(11)7(5)9(12)3-4-9/h1-2,13H,3-4,12H2. The molecule has 0 saturated heterocycles. The van der Waals surface area contributed by atoms with Crippen molar-refractivity contribution in [1.29, 1.82) is 0 Å². The maximum Gasteiger partial charge on any atom is 0.171 e. The molecule has 0 atom stereocenters. The third-order valence-electron chi connectivity index (χ3n) is 2.36. The average Bonchev–Trinajstić information content (AvgIpc) is 2.78. The zero-order valence-corrected chi connectivity index (χ0v) is 7.61. The van der Waals surface area contributed by atoms with E-state index < -0.39 is 17.1 Å². The molecule has 0 amide bonds. The van der Waals surface area contributed by atoms with E-state index in [9.17, 15) is 4.39 Å². The van der Waals surface area contributed by atoms with Crippen molar-refractivity contribution >= 4 is 11.6 Å². The summed E-state index contributed by atoms with van der Waals surface area (Å²) in [7, 11) is 0. The van der Waals surface area contributed by atoms with Crippen LogP contribution in [0, 0.1) is 5.82 Å². The molecule has 1 aromatic rings. The molecule has 1 aliphatic carbocycles. The van der Waals surface area contributed by atoms with Crippen LogP contribution in [-0.2, 0) is 5.54 Å². The fraction of sp³-hybridized carbons (Fsp3) is 0.333. The van der Waals surface area contributed by atoms with Crippen LogP contribution in [0.3, 0.4) is 0 Å².